The maximum atomic E-state index is 12.9. The molecule has 0 aliphatic rings. The Kier molecular flexibility index (Phi) is 4.84. The van der Waals surface area contributed by atoms with Gasteiger partial charge in [0.25, 0.3) is 5.56 Å². The van der Waals surface area contributed by atoms with Crippen LogP contribution >= 0.6 is 0 Å². The normalized spacial score (nSPS) is 11.1. The predicted molar refractivity (Wildman–Crippen MR) is 108 cm³/mol. The molecule has 1 N–H and O–H groups in total. The topological polar surface area (TPSA) is 76.7 Å². The van der Waals surface area contributed by atoms with Crippen molar-refractivity contribution in [3.63, 3.8) is 0 Å². The fraction of sp³-hybridized carbons (Fsp3) is 0.0455. The summed E-state index contributed by atoms with van der Waals surface area (Å²) in [5.41, 5.74) is 1.07. The van der Waals surface area contributed by atoms with Gasteiger partial charge in [-0.1, -0.05) is 30.3 Å². The van der Waals surface area contributed by atoms with Gasteiger partial charge in [0.2, 0.25) is 0 Å². The minimum absolute atomic E-state index is 0.0943. The predicted octanol–water partition coefficient (Wildman–Crippen LogP) is 3.56. The Morgan fingerprint density at radius 2 is 1.68 bits per heavy atom. The van der Waals surface area contributed by atoms with Gasteiger partial charge in [-0.25, -0.2) is 4.98 Å². The molecule has 6 heteroatoms. The van der Waals surface area contributed by atoms with E-state index < -0.39 is 0 Å². The first kappa shape index (κ1) is 17.5. The molecule has 28 heavy (non-hydrogen) atoms. The molecule has 1 aromatic heterocycles. The Morgan fingerprint density at radius 1 is 0.964 bits per heavy atom. The number of fused-ring (bicyclic) bond motifs is 1. The SMILES string of the molecule is O=c1c2ccccc2nc(COc2ccccc2)n1N=Cc1ccc(O)cc1. The second-order valence-electron chi connectivity index (χ2n) is 6.10. The summed E-state index contributed by atoms with van der Waals surface area (Å²) >= 11 is 0. The van der Waals surface area contributed by atoms with Crippen LogP contribution in [0.4, 0.5) is 0 Å². The lowest BCUT2D eigenvalue weighted by atomic mass is 10.2. The summed E-state index contributed by atoms with van der Waals surface area (Å²) in [5.74, 6) is 1.24. The van der Waals surface area contributed by atoms with Crippen molar-refractivity contribution in [1.29, 1.82) is 0 Å². The molecule has 0 aliphatic heterocycles. The zero-order chi connectivity index (χ0) is 19.3. The number of ether oxygens (including phenoxy) is 1. The van der Waals surface area contributed by atoms with Crippen molar-refractivity contribution < 1.29 is 9.84 Å². The molecule has 4 rings (SSSR count). The Balaban J connectivity index is 1.74. The Hall–Kier alpha value is -3.93. The molecule has 0 saturated heterocycles. The van der Waals surface area contributed by atoms with Crippen LogP contribution in [0.2, 0.25) is 0 Å². The molecule has 0 spiro atoms. The molecule has 0 fully saturated rings. The highest BCUT2D eigenvalue weighted by atomic mass is 16.5. The van der Waals surface area contributed by atoms with Crippen LogP contribution in [-0.4, -0.2) is 21.0 Å². The molecule has 0 bridgehead atoms. The maximum absolute atomic E-state index is 12.9. The van der Waals surface area contributed by atoms with Gasteiger partial charge < -0.3 is 9.84 Å². The average molecular weight is 371 g/mol. The molecule has 1 heterocycles. The molecule has 3 aromatic carbocycles. The smallest absolute Gasteiger partial charge is 0.282 e. The highest BCUT2D eigenvalue weighted by molar-refractivity contribution is 5.80. The number of aromatic hydroxyl groups is 1. The molecule has 0 amide bonds. The van der Waals surface area contributed by atoms with Crippen LogP contribution in [0, 0.1) is 0 Å². The zero-order valence-corrected chi connectivity index (χ0v) is 14.9. The minimum Gasteiger partial charge on any atom is -0.508 e. The van der Waals surface area contributed by atoms with Crippen molar-refractivity contribution in [2.24, 2.45) is 5.10 Å². The van der Waals surface area contributed by atoms with E-state index in [0.717, 1.165) is 5.56 Å². The van der Waals surface area contributed by atoms with Gasteiger partial charge >= 0.3 is 0 Å². The zero-order valence-electron chi connectivity index (χ0n) is 14.9. The lowest BCUT2D eigenvalue weighted by Gasteiger charge is -2.10. The van der Waals surface area contributed by atoms with Crippen LogP contribution in [0.1, 0.15) is 11.4 Å². The van der Waals surface area contributed by atoms with Crippen molar-refractivity contribution in [2.75, 3.05) is 0 Å². The van der Waals surface area contributed by atoms with E-state index in [9.17, 15) is 9.90 Å². The van der Waals surface area contributed by atoms with Crippen LogP contribution in [0.25, 0.3) is 10.9 Å². The molecule has 0 radical (unpaired) electrons. The maximum Gasteiger partial charge on any atom is 0.282 e. The van der Waals surface area contributed by atoms with Crippen molar-refractivity contribution in [2.45, 2.75) is 6.61 Å². The third-order valence-electron chi connectivity index (χ3n) is 4.15. The van der Waals surface area contributed by atoms with Gasteiger partial charge in [-0.2, -0.15) is 9.78 Å². The first-order valence-electron chi connectivity index (χ1n) is 8.72. The number of benzene rings is 3. The van der Waals surface area contributed by atoms with E-state index in [1.165, 1.54) is 4.68 Å². The van der Waals surface area contributed by atoms with Crippen LogP contribution in [0.3, 0.4) is 0 Å². The van der Waals surface area contributed by atoms with Gasteiger partial charge in [0.15, 0.2) is 5.82 Å². The van der Waals surface area contributed by atoms with Crippen LogP contribution in [0.15, 0.2) is 88.8 Å². The van der Waals surface area contributed by atoms with Crippen molar-refractivity contribution in [1.82, 2.24) is 9.66 Å². The van der Waals surface area contributed by atoms with Crippen molar-refractivity contribution >= 4 is 17.1 Å². The average Bonchev–Trinajstić information content (AvgIpc) is 2.74. The van der Waals surface area contributed by atoms with Crippen LogP contribution in [-0.2, 0) is 6.61 Å². The first-order chi connectivity index (χ1) is 13.7. The van der Waals surface area contributed by atoms with Gasteiger partial charge in [0, 0.05) is 0 Å². The van der Waals surface area contributed by atoms with Crippen molar-refractivity contribution in [3.05, 3.63) is 101 Å². The number of aromatic nitrogens is 2. The fourth-order valence-electron chi connectivity index (χ4n) is 2.73. The van der Waals surface area contributed by atoms with Gasteiger partial charge in [0.1, 0.15) is 18.1 Å². The Bertz CT molecular complexity index is 1180. The highest BCUT2D eigenvalue weighted by Gasteiger charge is 2.11. The summed E-state index contributed by atoms with van der Waals surface area (Å²) in [7, 11) is 0. The van der Waals surface area contributed by atoms with E-state index in [0.29, 0.717) is 22.5 Å². The molecular weight excluding hydrogens is 354 g/mol. The number of phenolic OH excluding ortho intramolecular Hbond substituents is 1. The number of phenols is 1. The molecule has 138 valence electrons. The molecule has 0 unspecified atom stereocenters. The minimum atomic E-state index is -0.271. The monoisotopic (exact) mass is 371 g/mol. The molecule has 0 saturated carbocycles. The van der Waals surface area contributed by atoms with Gasteiger partial charge in [0.05, 0.1) is 17.1 Å². The van der Waals surface area contributed by atoms with E-state index in [4.69, 9.17) is 4.74 Å². The van der Waals surface area contributed by atoms with E-state index in [2.05, 4.69) is 10.1 Å². The second-order valence-corrected chi connectivity index (χ2v) is 6.10. The highest BCUT2D eigenvalue weighted by Crippen LogP contribution is 2.13. The first-order valence-corrected chi connectivity index (χ1v) is 8.72. The second kappa shape index (κ2) is 7.75. The van der Waals surface area contributed by atoms with Crippen LogP contribution in [0.5, 0.6) is 11.5 Å². The Morgan fingerprint density at radius 3 is 2.46 bits per heavy atom. The summed E-state index contributed by atoms with van der Waals surface area (Å²) in [4.78, 5) is 17.5. The summed E-state index contributed by atoms with van der Waals surface area (Å²) in [6.45, 7) is 0.0943. The Labute approximate surface area is 161 Å². The molecule has 0 atom stereocenters. The lowest BCUT2D eigenvalue weighted by Crippen LogP contribution is -2.23. The van der Waals surface area contributed by atoms with E-state index >= 15 is 0 Å². The lowest BCUT2D eigenvalue weighted by molar-refractivity contribution is 0.289. The van der Waals surface area contributed by atoms with Gasteiger partial charge in [-0.15, -0.1) is 0 Å². The largest absolute Gasteiger partial charge is 0.508 e. The summed E-state index contributed by atoms with van der Waals surface area (Å²) in [6.07, 6.45) is 1.54. The number of hydrogen-bond acceptors (Lipinski definition) is 5. The van der Waals surface area contributed by atoms with Gasteiger partial charge in [-0.05, 0) is 54.1 Å². The van der Waals surface area contributed by atoms with E-state index in [1.54, 1.807) is 48.7 Å². The van der Waals surface area contributed by atoms with Crippen molar-refractivity contribution in [3.8, 4) is 11.5 Å². The third kappa shape index (κ3) is 3.76. The summed E-state index contributed by atoms with van der Waals surface area (Å²) in [6, 6.07) is 23.0. The number of nitrogens with zero attached hydrogens (tertiary/aromatic N) is 3. The summed E-state index contributed by atoms with van der Waals surface area (Å²) < 4.78 is 7.02. The van der Waals surface area contributed by atoms with Gasteiger partial charge in [-0.3, -0.25) is 4.79 Å². The fourth-order valence-corrected chi connectivity index (χ4v) is 2.73. The van der Waals surface area contributed by atoms with E-state index in [1.807, 2.05) is 36.4 Å². The number of para-hydroxylation sites is 2. The molecule has 4 aromatic rings. The molecular formula is C22H17N3O3. The number of hydrogen-bond donors (Lipinski definition) is 1. The third-order valence-corrected chi connectivity index (χ3v) is 4.15. The summed E-state index contributed by atoms with van der Waals surface area (Å²) in [5, 5.41) is 14.2. The number of rotatable bonds is 5. The van der Waals surface area contributed by atoms with E-state index in [-0.39, 0.29) is 17.9 Å². The molecule has 6 nitrogen and oxygen atoms in total. The van der Waals surface area contributed by atoms with Crippen LogP contribution < -0.4 is 10.3 Å². The standard InChI is InChI=1S/C22H17N3O3/c26-17-12-10-16(11-13-17)14-23-25-21(15-28-18-6-2-1-3-7-18)24-20-9-5-4-8-19(20)22(25)27/h1-14,26H,15H2. The quantitative estimate of drug-likeness (QED) is 0.544. The molecule has 0 aliphatic carbocycles.